The Morgan fingerprint density at radius 3 is 2.17 bits per heavy atom. The molecule has 3 rings (SSSR count). The first-order valence-electron chi connectivity index (χ1n) is 11.5. The van der Waals surface area contributed by atoms with Crippen molar-refractivity contribution in [2.45, 2.75) is 77.7 Å². The predicted molar refractivity (Wildman–Crippen MR) is 123 cm³/mol. The van der Waals surface area contributed by atoms with Gasteiger partial charge in [-0.1, -0.05) is 88.6 Å². The largest absolute Gasteiger partial charge is 0.492 e. The fourth-order valence-electron chi connectivity index (χ4n) is 3.93. The van der Waals surface area contributed by atoms with Gasteiger partial charge in [0.15, 0.2) is 0 Å². The van der Waals surface area contributed by atoms with E-state index in [4.69, 9.17) is 9.72 Å². The molecule has 0 fully saturated rings. The summed E-state index contributed by atoms with van der Waals surface area (Å²) in [6, 6.07) is 18.5. The summed E-state index contributed by atoms with van der Waals surface area (Å²) < 4.78 is 8.28. The molecule has 29 heavy (non-hydrogen) atoms. The first-order valence-corrected chi connectivity index (χ1v) is 11.5. The molecule has 0 N–H and O–H groups in total. The van der Waals surface area contributed by atoms with Gasteiger partial charge in [0.05, 0.1) is 17.6 Å². The zero-order valence-corrected chi connectivity index (χ0v) is 18.0. The van der Waals surface area contributed by atoms with Crippen LogP contribution in [0.2, 0.25) is 0 Å². The lowest BCUT2D eigenvalue weighted by Gasteiger charge is -2.11. The molecule has 0 amide bonds. The van der Waals surface area contributed by atoms with E-state index in [1.165, 1.54) is 69.1 Å². The number of hydrogen-bond donors (Lipinski definition) is 0. The summed E-state index contributed by atoms with van der Waals surface area (Å²) in [6.07, 6.45) is 13.2. The molecule has 0 atom stereocenters. The van der Waals surface area contributed by atoms with Crippen LogP contribution in [0.25, 0.3) is 11.0 Å². The number of aromatic nitrogens is 2. The van der Waals surface area contributed by atoms with E-state index in [1.54, 1.807) is 0 Å². The van der Waals surface area contributed by atoms with Crippen LogP contribution in [0.15, 0.2) is 54.6 Å². The standard InChI is InChI=1S/C26H36N2O/c1-2-3-4-5-6-7-8-9-13-20-26-27-24-18-14-15-19-25(24)28(26)21-22-29-23-16-11-10-12-17-23/h10-12,14-19H,2-9,13,20-22H2,1H3. The molecule has 0 spiro atoms. The van der Waals surface area contributed by atoms with Crippen LogP contribution in [-0.4, -0.2) is 16.2 Å². The van der Waals surface area contributed by atoms with Crippen LogP contribution in [0.1, 0.15) is 70.5 Å². The van der Waals surface area contributed by atoms with Crippen LogP contribution in [-0.2, 0) is 13.0 Å². The van der Waals surface area contributed by atoms with Gasteiger partial charge in [-0.3, -0.25) is 0 Å². The number of unbranched alkanes of at least 4 members (excludes halogenated alkanes) is 8. The molecule has 1 aromatic heterocycles. The van der Waals surface area contributed by atoms with Gasteiger partial charge in [0.1, 0.15) is 18.2 Å². The lowest BCUT2D eigenvalue weighted by molar-refractivity contribution is 0.298. The van der Waals surface area contributed by atoms with Gasteiger partial charge in [-0.05, 0) is 30.7 Å². The third-order valence-electron chi connectivity index (χ3n) is 5.56. The molecule has 0 saturated carbocycles. The molecule has 3 heteroatoms. The molecule has 156 valence electrons. The fourth-order valence-corrected chi connectivity index (χ4v) is 3.93. The fraction of sp³-hybridized carbons (Fsp3) is 0.500. The Bertz CT molecular complexity index is 825. The van der Waals surface area contributed by atoms with Crippen LogP contribution in [0.4, 0.5) is 0 Å². The molecule has 0 aliphatic rings. The SMILES string of the molecule is CCCCCCCCCCCc1nc2ccccc2n1CCOc1ccccc1. The minimum absolute atomic E-state index is 0.662. The number of imidazole rings is 1. The molecule has 2 aromatic carbocycles. The van der Waals surface area contributed by atoms with Crippen molar-refractivity contribution in [1.82, 2.24) is 9.55 Å². The van der Waals surface area contributed by atoms with Crippen molar-refractivity contribution in [3.05, 3.63) is 60.4 Å². The van der Waals surface area contributed by atoms with Crippen molar-refractivity contribution in [3.8, 4) is 5.75 Å². The van der Waals surface area contributed by atoms with Gasteiger partial charge in [0.25, 0.3) is 0 Å². The summed E-state index contributed by atoms with van der Waals surface area (Å²) >= 11 is 0. The van der Waals surface area contributed by atoms with Gasteiger partial charge in [-0.2, -0.15) is 0 Å². The smallest absolute Gasteiger partial charge is 0.119 e. The van der Waals surface area contributed by atoms with Gasteiger partial charge in [0, 0.05) is 6.42 Å². The van der Waals surface area contributed by atoms with Crippen molar-refractivity contribution in [1.29, 1.82) is 0 Å². The number of aryl methyl sites for hydroxylation is 1. The van der Waals surface area contributed by atoms with Crippen LogP contribution in [0, 0.1) is 0 Å². The number of ether oxygens (including phenoxy) is 1. The Kier molecular flexibility index (Phi) is 9.09. The Morgan fingerprint density at radius 1 is 0.759 bits per heavy atom. The zero-order valence-electron chi connectivity index (χ0n) is 18.0. The van der Waals surface area contributed by atoms with Crippen molar-refractivity contribution in [2.75, 3.05) is 6.61 Å². The molecule has 0 aliphatic carbocycles. The summed E-state index contributed by atoms with van der Waals surface area (Å²) in [5.41, 5.74) is 2.31. The highest BCUT2D eigenvalue weighted by molar-refractivity contribution is 5.75. The van der Waals surface area contributed by atoms with Gasteiger partial charge in [0.2, 0.25) is 0 Å². The molecule has 0 bridgehead atoms. The van der Waals surface area contributed by atoms with Gasteiger partial charge in [-0.25, -0.2) is 4.98 Å². The highest BCUT2D eigenvalue weighted by atomic mass is 16.5. The Hall–Kier alpha value is -2.29. The molecule has 1 heterocycles. The first kappa shape index (κ1) is 21.4. The van der Waals surface area contributed by atoms with Gasteiger partial charge >= 0.3 is 0 Å². The molecular formula is C26H36N2O. The number of hydrogen-bond acceptors (Lipinski definition) is 2. The third kappa shape index (κ3) is 6.92. The minimum atomic E-state index is 0.662. The van der Waals surface area contributed by atoms with Crippen LogP contribution < -0.4 is 4.74 Å². The first-order chi connectivity index (χ1) is 14.4. The van der Waals surface area contributed by atoms with E-state index in [-0.39, 0.29) is 0 Å². The molecule has 0 aliphatic heterocycles. The van der Waals surface area contributed by atoms with E-state index < -0.39 is 0 Å². The minimum Gasteiger partial charge on any atom is -0.492 e. The van der Waals surface area contributed by atoms with Gasteiger partial charge < -0.3 is 9.30 Å². The van der Waals surface area contributed by atoms with Crippen LogP contribution in [0.3, 0.4) is 0 Å². The summed E-state index contributed by atoms with van der Waals surface area (Å²) in [6.45, 7) is 3.78. The normalized spacial score (nSPS) is 11.2. The lowest BCUT2D eigenvalue weighted by Crippen LogP contribution is -2.11. The van der Waals surface area contributed by atoms with E-state index in [2.05, 4.69) is 35.8 Å². The molecule has 3 aromatic rings. The highest BCUT2D eigenvalue weighted by Crippen LogP contribution is 2.19. The quantitative estimate of drug-likeness (QED) is 0.271. The van der Waals surface area contributed by atoms with E-state index in [0.29, 0.717) is 6.61 Å². The average molecular weight is 393 g/mol. The predicted octanol–water partition coefficient (Wildman–Crippen LogP) is 7.19. The number of para-hydroxylation sites is 3. The van der Waals surface area contributed by atoms with Crippen molar-refractivity contribution in [2.24, 2.45) is 0 Å². The molecule has 0 radical (unpaired) electrons. The molecule has 0 saturated heterocycles. The second kappa shape index (κ2) is 12.3. The monoisotopic (exact) mass is 392 g/mol. The summed E-state index contributed by atoms with van der Waals surface area (Å²) in [5, 5.41) is 0. The summed E-state index contributed by atoms with van der Waals surface area (Å²) in [4.78, 5) is 4.91. The number of nitrogens with zero attached hydrogens (tertiary/aromatic N) is 2. The van der Waals surface area contributed by atoms with Crippen molar-refractivity contribution >= 4 is 11.0 Å². The molecular weight excluding hydrogens is 356 g/mol. The van der Waals surface area contributed by atoms with E-state index in [9.17, 15) is 0 Å². The molecule has 3 nitrogen and oxygen atoms in total. The Balaban J connectivity index is 1.47. The number of fused-ring (bicyclic) bond motifs is 1. The Morgan fingerprint density at radius 2 is 1.41 bits per heavy atom. The van der Waals surface area contributed by atoms with Gasteiger partial charge in [-0.15, -0.1) is 0 Å². The average Bonchev–Trinajstić information content (AvgIpc) is 3.11. The van der Waals surface area contributed by atoms with Crippen molar-refractivity contribution in [3.63, 3.8) is 0 Å². The van der Waals surface area contributed by atoms with Crippen molar-refractivity contribution < 1.29 is 4.74 Å². The second-order valence-corrected chi connectivity index (χ2v) is 7.91. The molecule has 0 unspecified atom stereocenters. The summed E-state index contributed by atoms with van der Waals surface area (Å²) in [7, 11) is 0. The van der Waals surface area contributed by atoms with E-state index in [0.717, 1.165) is 24.2 Å². The maximum atomic E-state index is 5.93. The maximum Gasteiger partial charge on any atom is 0.119 e. The van der Waals surface area contributed by atoms with E-state index >= 15 is 0 Å². The summed E-state index contributed by atoms with van der Waals surface area (Å²) in [5.74, 6) is 2.13. The number of benzene rings is 2. The lowest BCUT2D eigenvalue weighted by atomic mass is 10.1. The number of rotatable bonds is 14. The topological polar surface area (TPSA) is 27.1 Å². The maximum absolute atomic E-state index is 5.93. The van der Waals surface area contributed by atoms with Crippen LogP contribution >= 0.6 is 0 Å². The third-order valence-corrected chi connectivity index (χ3v) is 5.56. The second-order valence-electron chi connectivity index (χ2n) is 7.91. The highest BCUT2D eigenvalue weighted by Gasteiger charge is 2.10. The van der Waals surface area contributed by atoms with E-state index in [1.807, 2.05) is 30.3 Å². The Labute approximate surface area is 176 Å². The zero-order chi connectivity index (χ0) is 20.2. The van der Waals surface area contributed by atoms with Crippen LogP contribution in [0.5, 0.6) is 5.75 Å².